The summed E-state index contributed by atoms with van der Waals surface area (Å²) in [7, 11) is -20.3. The number of nitrogen functional groups attached to an aromatic ring is 1. The number of nitrogens with two attached hydrogens (primary N) is 1. The Morgan fingerprint density at radius 1 is 0.607 bits per heavy atom. The molecule has 5 rings (SSSR count). The lowest BCUT2D eigenvalue weighted by molar-refractivity contribution is -0.384. The molecule has 0 saturated carbocycles. The van der Waals surface area contributed by atoms with Gasteiger partial charge in [-0.05, 0) is 67.1 Å². The van der Waals surface area contributed by atoms with Crippen LogP contribution in [0.15, 0.2) is 123 Å². The molecule has 0 amide bonds. The molecule has 7 N–H and O–H groups in total. The van der Waals surface area contributed by atoms with E-state index < -0.39 is 110 Å². The van der Waals surface area contributed by atoms with Gasteiger partial charge >= 0.3 is 0 Å². The van der Waals surface area contributed by atoms with E-state index >= 15 is 0 Å². The molecular weight excluding hydrogens is 829 g/mol. The van der Waals surface area contributed by atoms with Gasteiger partial charge in [0.25, 0.3) is 46.2 Å². The Labute approximate surface area is 314 Å². The molecule has 0 radical (unpaired) electrons. The molecule has 5 aromatic rings. The van der Waals surface area contributed by atoms with Gasteiger partial charge in [-0.1, -0.05) is 12.1 Å². The minimum Gasteiger partial charge on any atom is -0.505 e. The Bertz CT molecular complexity index is 3040. The average molecular weight is 851 g/mol. The van der Waals surface area contributed by atoms with E-state index in [9.17, 15) is 67.1 Å². The third-order valence-electron chi connectivity index (χ3n) is 7.44. The molecule has 23 nitrogen and oxygen atoms in total. The predicted octanol–water partition coefficient (Wildman–Crippen LogP) is 6.58. The van der Waals surface area contributed by atoms with Gasteiger partial charge in [-0.25, -0.2) is 0 Å². The molecule has 0 saturated heterocycles. The van der Waals surface area contributed by atoms with Crippen molar-refractivity contribution in [3.63, 3.8) is 0 Å². The summed E-state index contributed by atoms with van der Waals surface area (Å²) in [6.07, 6.45) is 0. The number of hydrogen-bond acceptors (Lipinski definition) is 18. The number of phenolic OH excluding ortho intramolecular Hbond substituents is 1. The summed E-state index contributed by atoms with van der Waals surface area (Å²) in [5, 5.41) is 44.1. The maximum atomic E-state index is 12.5. The highest BCUT2D eigenvalue weighted by molar-refractivity contribution is 7.86. The largest absolute Gasteiger partial charge is 0.505 e. The van der Waals surface area contributed by atoms with Gasteiger partial charge < -0.3 is 10.8 Å². The maximum Gasteiger partial charge on any atom is 0.298 e. The molecule has 5 aromatic carbocycles. The molecule has 0 aliphatic heterocycles. The number of anilines is 1. The van der Waals surface area contributed by atoms with Gasteiger partial charge in [0.2, 0.25) is 0 Å². The van der Waals surface area contributed by atoms with Gasteiger partial charge in [0.05, 0.1) is 27.4 Å². The van der Waals surface area contributed by atoms with Crippen molar-refractivity contribution >= 4 is 96.7 Å². The van der Waals surface area contributed by atoms with Crippen LogP contribution in [0.5, 0.6) is 5.75 Å². The number of aryl methyl sites for hydroxylation is 1. The van der Waals surface area contributed by atoms with E-state index in [2.05, 4.69) is 30.7 Å². The van der Waals surface area contributed by atoms with E-state index in [1.165, 1.54) is 36.4 Å². The summed E-state index contributed by atoms with van der Waals surface area (Å²) in [5.41, 5.74) is 2.63. The van der Waals surface area contributed by atoms with Crippen molar-refractivity contribution in [2.75, 3.05) is 5.73 Å². The van der Waals surface area contributed by atoms with Crippen LogP contribution >= 0.6 is 0 Å². The van der Waals surface area contributed by atoms with Crippen molar-refractivity contribution in [1.82, 2.24) is 0 Å². The summed E-state index contributed by atoms with van der Waals surface area (Å²) in [6.45, 7) is 1.56. The Kier molecular flexibility index (Phi) is 10.8. The van der Waals surface area contributed by atoms with Gasteiger partial charge in [-0.2, -0.15) is 43.9 Å². The Balaban J connectivity index is 1.64. The fourth-order valence-corrected chi connectivity index (χ4v) is 7.36. The summed E-state index contributed by atoms with van der Waals surface area (Å²) >= 11 is 0. The second-order valence-electron chi connectivity index (χ2n) is 11.1. The minimum atomic E-state index is -5.44. The maximum absolute atomic E-state index is 12.5. The van der Waals surface area contributed by atoms with Crippen LogP contribution in [0.4, 0.5) is 45.5 Å². The zero-order chi connectivity index (χ0) is 41.5. The summed E-state index contributed by atoms with van der Waals surface area (Å²) in [4.78, 5) is 6.66. The molecule has 0 heterocycles. The lowest BCUT2D eigenvalue weighted by Crippen LogP contribution is -2.04. The van der Waals surface area contributed by atoms with Crippen molar-refractivity contribution < 1.29 is 61.9 Å². The number of rotatable bonds is 11. The molecule has 0 spiro atoms. The van der Waals surface area contributed by atoms with Crippen molar-refractivity contribution in [2.24, 2.45) is 30.7 Å². The first-order valence-corrected chi connectivity index (χ1v) is 20.4. The number of nitro benzene ring substituents is 1. The fourth-order valence-electron chi connectivity index (χ4n) is 4.89. The van der Waals surface area contributed by atoms with E-state index in [0.717, 1.165) is 6.07 Å². The number of hydrogen-bond donors (Lipinski definition) is 6. The van der Waals surface area contributed by atoms with Crippen LogP contribution in [0, 0.1) is 17.0 Å². The van der Waals surface area contributed by atoms with Gasteiger partial charge in [-0.3, -0.25) is 28.3 Å². The van der Waals surface area contributed by atoms with Crippen LogP contribution in [0.2, 0.25) is 0 Å². The van der Waals surface area contributed by atoms with Gasteiger partial charge in [0, 0.05) is 11.5 Å². The number of fused-ring (bicyclic) bond motifs is 1. The predicted molar refractivity (Wildman–Crippen MR) is 193 cm³/mol. The molecule has 0 unspecified atom stereocenters. The second-order valence-corrected chi connectivity index (χ2v) is 16.7. The highest BCUT2D eigenvalue weighted by Gasteiger charge is 2.29. The average Bonchev–Trinajstić information content (AvgIpc) is 3.08. The normalized spacial score (nSPS) is 13.0. The smallest absolute Gasteiger partial charge is 0.298 e. The van der Waals surface area contributed by atoms with E-state index in [0.29, 0.717) is 35.9 Å². The highest BCUT2D eigenvalue weighted by atomic mass is 32.2. The van der Waals surface area contributed by atoms with Crippen LogP contribution in [0.1, 0.15) is 5.56 Å². The quantitative estimate of drug-likeness (QED) is 0.0269. The second kappa shape index (κ2) is 14.8. The monoisotopic (exact) mass is 850 g/mol. The van der Waals surface area contributed by atoms with Crippen molar-refractivity contribution in [1.29, 1.82) is 0 Å². The Morgan fingerprint density at radius 3 is 1.77 bits per heavy atom. The summed E-state index contributed by atoms with van der Waals surface area (Å²) in [5.74, 6) is -1.29. The van der Waals surface area contributed by atoms with E-state index in [-0.39, 0.29) is 17.1 Å². The van der Waals surface area contributed by atoms with E-state index in [1.54, 1.807) is 6.92 Å². The molecule has 0 aromatic heterocycles. The number of nitrogens with zero attached hydrogens (tertiary/aromatic N) is 7. The molecule has 0 fully saturated rings. The Morgan fingerprint density at radius 2 is 1.18 bits per heavy atom. The molecule has 0 bridgehead atoms. The standard InChI is InChI=1S/C29H22N8O15S4/c1-14-10-15(6-8-18(14)32-34-20-4-2-3-5-23(20)54(44,45)46)31-35-21-13-24(55(47,48)49)17-12-25(56(50,51)52)28(29(38)26(17)27(21)30)36-33-19-9-7-16(53(41,42)43)11-22(19)37(39)40/h2-13,38H,30H2,1H3,(H,41,42,43)(H,44,45,46)(H,47,48,49)(H,50,51,52). The zero-order valence-corrected chi connectivity index (χ0v) is 30.9. The fraction of sp³-hybridized carbons (Fsp3) is 0.0345. The molecule has 0 atom stereocenters. The number of nitro groups is 1. The number of azo groups is 3. The minimum absolute atomic E-state index is 0.0785. The molecular formula is C29H22N8O15S4. The molecule has 0 aliphatic rings. The molecule has 292 valence electrons. The van der Waals surface area contributed by atoms with Crippen molar-refractivity contribution in [2.45, 2.75) is 26.5 Å². The van der Waals surface area contributed by atoms with E-state index in [1.807, 2.05) is 0 Å². The van der Waals surface area contributed by atoms with Crippen molar-refractivity contribution in [3.05, 3.63) is 88.5 Å². The highest BCUT2D eigenvalue weighted by Crippen LogP contribution is 2.48. The van der Waals surface area contributed by atoms with Crippen LogP contribution in [-0.2, 0) is 40.5 Å². The summed E-state index contributed by atoms with van der Waals surface area (Å²) in [6, 6.07) is 12.3. The van der Waals surface area contributed by atoms with E-state index in [4.69, 9.17) is 5.73 Å². The van der Waals surface area contributed by atoms with Crippen LogP contribution in [-0.4, -0.2) is 61.9 Å². The molecule has 0 aliphatic carbocycles. The number of phenols is 1. The molecule has 27 heteroatoms. The van der Waals surface area contributed by atoms with Crippen LogP contribution in [0.3, 0.4) is 0 Å². The zero-order valence-electron chi connectivity index (χ0n) is 27.6. The van der Waals surface area contributed by atoms with Crippen LogP contribution < -0.4 is 5.73 Å². The van der Waals surface area contributed by atoms with Crippen molar-refractivity contribution in [3.8, 4) is 5.75 Å². The third kappa shape index (κ3) is 8.68. The Hall–Kier alpha value is -6.20. The summed E-state index contributed by atoms with van der Waals surface area (Å²) < 4.78 is 135. The van der Waals surface area contributed by atoms with Crippen LogP contribution in [0.25, 0.3) is 10.8 Å². The number of aromatic hydroxyl groups is 1. The SMILES string of the molecule is Cc1cc(N=Nc2cc(S(=O)(=O)O)c3cc(S(=O)(=O)O)c(N=Nc4ccc(S(=O)(=O)O)cc4[N+](=O)[O-])c(O)c3c2N)ccc1N=Nc1ccccc1S(=O)(=O)O. The molecule has 56 heavy (non-hydrogen) atoms. The third-order valence-corrected chi connectivity index (χ3v) is 10.9. The number of benzene rings is 5. The van der Waals surface area contributed by atoms with Gasteiger partial charge in [-0.15, -0.1) is 20.5 Å². The first kappa shape index (κ1) is 41.0. The first-order chi connectivity index (χ1) is 25.9. The lowest BCUT2D eigenvalue weighted by Gasteiger charge is -2.14. The lowest BCUT2D eigenvalue weighted by atomic mass is 10.0. The topological polar surface area (TPSA) is 381 Å². The first-order valence-electron chi connectivity index (χ1n) is 14.6. The van der Waals surface area contributed by atoms with Gasteiger partial charge in [0.1, 0.15) is 36.6 Å². The van der Waals surface area contributed by atoms with Gasteiger partial charge in [0.15, 0.2) is 11.4 Å².